The highest BCUT2D eigenvalue weighted by molar-refractivity contribution is 5.98. The van der Waals surface area contributed by atoms with Gasteiger partial charge in [0.15, 0.2) is 5.75 Å². The number of para-hydroxylation sites is 1. The lowest BCUT2D eigenvalue weighted by Gasteiger charge is -2.21. The van der Waals surface area contributed by atoms with Crippen LogP contribution in [0.3, 0.4) is 0 Å². The molecule has 1 amide bonds. The predicted molar refractivity (Wildman–Crippen MR) is 72.8 cm³/mol. The molecular weight excluding hydrogens is 258 g/mol. The Morgan fingerprint density at radius 3 is 3.25 bits per heavy atom. The lowest BCUT2D eigenvalue weighted by atomic mass is 10.1. The third kappa shape index (κ3) is 2.56. The van der Waals surface area contributed by atoms with Crippen molar-refractivity contribution in [1.82, 2.24) is 20.5 Å². The van der Waals surface area contributed by atoms with Crippen molar-refractivity contribution in [2.24, 2.45) is 0 Å². The molecule has 0 radical (unpaired) electrons. The Hall–Kier alpha value is -2.57. The lowest BCUT2D eigenvalue weighted by molar-refractivity contribution is 0.0950. The second-order valence-corrected chi connectivity index (χ2v) is 4.40. The molecule has 0 unspecified atom stereocenters. The molecule has 0 bridgehead atoms. The second-order valence-electron chi connectivity index (χ2n) is 4.40. The molecule has 3 rings (SSSR count). The van der Waals surface area contributed by atoms with Gasteiger partial charge in [0, 0.05) is 19.5 Å². The zero-order valence-electron chi connectivity index (χ0n) is 10.8. The fourth-order valence-electron chi connectivity index (χ4n) is 2.09. The summed E-state index contributed by atoms with van der Waals surface area (Å²) in [5.74, 6) is 1.22. The van der Waals surface area contributed by atoms with Crippen LogP contribution in [0.1, 0.15) is 16.2 Å². The van der Waals surface area contributed by atoms with Crippen LogP contribution in [0.4, 0.5) is 5.69 Å². The summed E-state index contributed by atoms with van der Waals surface area (Å²) in [4.78, 5) is 16.2. The zero-order valence-corrected chi connectivity index (χ0v) is 10.8. The fraction of sp³-hybridized carbons (Fsp3) is 0.308. The van der Waals surface area contributed by atoms with Crippen molar-refractivity contribution < 1.29 is 9.53 Å². The first-order chi connectivity index (χ1) is 9.84. The van der Waals surface area contributed by atoms with E-state index in [4.69, 9.17) is 4.74 Å². The van der Waals surface area contributed by atoms with E-state index in [1.54, 1.807) is 6.07 Å². The maximum atomic E-state index is 12.2. The van der Waals surface area contributed by atoms with Crippen molar-refractivity contribution in [2.75, 3.05) is 25.0 Å². The van der Waals surface area contributed by atoms with Crippen LogP contribution >= 0.6 is 0 Å². The first-order valence-corrected chi connectivity index (χ1v) is 6.47. The number of carbonyl (C=O) groups is 1. The average molecular weight is 273 g/mol. The van der Waals surface area contributed by atoms with Gasteiger partial charge in [-0.25, -0.2) is 4.98 Å². The first kappa shape index (κ1) is 12.5. The largest absolute Gasteiger partial charge is 0.489 e. The molecule has 1 aliphatic rings. The van der Waals surface area contributed by atoms with E-state index in [1.807, 2.05) is 12.1 Å². The molecule has 2 aromatic rings. The van der Waals surface area contributed by atoms with Gasteiger partial charge in [0.1, 0.15) is 18.8 Å². The minimum absolute atomic E-state index is 0.148. The Balaban J connectivity index is 1.65. The smallest absolute Gasteiger partial charge is 0.255 e. The van der Waals surface area contributed by atoms with Crippen molar-refractivity contribution in [3.05, 3.63) is 35.9 Å². The number of hydrogen-bond donors (Lipinski definition) is 3. The molecule has 3 N–H and O–H groups in total. The van der Waals surface area contributed by atoms with Crippen molar-refractivity contribution in [2.45, 2.75) is 6.42 Å². The number of aromatic nitrogens is 3. The highest BCUT2D eigenvalue weighted by Crippen LogP contribution is 2.30. The van der Waals surface area contributed by atoms with E-state index >= 15 is 0 Å². The normalized spacial score (nSPS) is 13.0. The fourth-order valence-corrected chi connectivity index (χ4v) is 2.09. The number of anilines is 1. The Kier molecular flexibility index (Phi) is 3.49. The van der Waals surface area contributed by atoms with Crippen LogP contribution < -0.4 is 15.4 Å². The quantitative estimate of drug-likeness (QED) is 0.758. The third-order valence-corrected chi connectivity index (χ3v) is 3.04. The molecule has 0 aliphatic carbocycles. The summed E-state index contributed by atoms with van der Waals surface area (Å²) < 4.78 is 5.58. The number of nitrogens with one attached hydrogen (secondary N) is 3. The topological polar surface area (TPSA) is 91.9 Å². The maximum Gasteiger partial charge on any atom is 0.255 e. The molecule has 20 heavy (non-hydrogen) atoms. The number of ether oxygens (including phenoxy) is 1. The van der Waals surface area contributed by atoms with Gasteiger partial charge in [-0.05, 0) is 12.1 Å². The maximum absolute atomic E-state index is 12.2. The summed E-state index contributed by atoms with van der Waals surface area (Å²) in [6.45, 7) is 1.81. The van der Waals surface area contributed by atoms with Crippen LogP contribution in [0.25, 0.3) is 0 Å². The number of rotatable bonds is 4. The third-order valence-electron chi connectivity index (χ3n) is 3.04. The minimum atomic E-state index is -0.148. The number of amides is 1. The summed E-state index contributed by atoms with van der Waals surface area (Å²) >= 11 is 0. The Labute approximate surface area is 115 Å². The van der Waals surface area contributed by atoms with Crippen LogP contribution in [0.2, 0.25) is 0 Å². The molecule has 0 atom stereocenters. The van der Waals surface area contributed by atoms with Crippen molar-refractivity contribution >= 4 is 11.6 Å². The number of aromatic amines is 1. The Bertz CT molecular complexity index is 597. The second kappa shape index (κ2) is 5.60. The predicted octanol–water partition coefficient (Wildman–Crippen LogP) is 0.581. The molecule has 104 valence electrons. The monoisotopic (exact) mass is 273 g/mol. The standard InChI is InChI=1S/C13H15N5O2/c19-13(15-5-4-11-16-8-17-18-11)9-2-1-3-10-12(9)20-7-6-14-10/h1-3,8,14H,4-7H2,(H,15,19)(H,16,17,18). The Morgan fingerprint density at radius 1 is 1.45 bits per heavy atom. The van der Waals surface area contributed by atoms with Gasteiger partial charge in [0.2, 0.25) is 0 Å². The van der Waals surface area contributed by atoms with Crippen LogP contribution in [-0.2, 0) is 6.42 Å². The highest BCUT2D eigenvalue weighted by Gasteiger charge is 2.18. The van der Waals surface area contributed by atoms with Crippen LogP contribution in [0.15, 0.2) is 24.5 Å². The van der Waals surface area contributed by atoms with E-state index in [0.717, 1.165) is 18.1 Å². The molecule has 7 nitrogen and oxygen atoms in total. The van der Waals surface area contributed by atoms with Crippen molar-refractivity contribution in [1.29, 1.82) is 0 Å². The summed E-state index contributed by atoms with van der Waals surface area (Å²) in [7, 11) is 0. The van der Waals surface area contributed by atoms with Gasteiger partial charge in [0.05, 0.1) is 11.3 Å². The number of fused-ring (bicyclic) bond motifs is 1. The molecule has 0 fully saturated rings. The molecule has 1 aromatic heterocycles. The number of nitrogens with zero attached hydrogens (tertiary/aromatic N) is 2. The number of carbonyl (C=O) groups excluding carboxylic acids is 1. The Morgan fingerprint density at radius 2 is 2.40 bits per heavy atom. The minimum Gasteiger partial charge on any atom is -0.489 e. The van der Waals surface area contributed by atoms with Gasteiger partial charge in [-0.2, -0.15) is 5.10 Å². The SMILES string of the molecule is O=C(NCCc1ncn[nH]1)c1cccc2c1OCCN2. The number of hydrogen-bond acceptors (Lipinski definition) is 5. The molecule has 0 spiro atoms. The van der Waals surface area contributed by atoms with E-state index in [2.05, 4.69) is 25.8 Å². The molecule has 1 aromatic carbocycles. The summed E-state index contributed by atoms with van der Waals surface area (Å²) in [5, 5.41) is 12.6. The molecule has 0 saturated heterocycles. The number of benzene rings is 1. The zero-order chi connectivity index (χ0) is 13.8. The van der Waals surface area contributed by atoms with Gasteiger partial charge < -0.3 is 15.4 Å². The van der Waals surface area contributed by atoms with Gasteiger partial charge in [-0.3, -0.25) is 9.89 Å². The molecule has 0 saturated carbocycles. The van der Waals surface area contributed by atoms with Crippen LogP contribution in [0.5, 0.6) is 5.75 Å². The summed E-state index contributed by atoms with van der Waals surface area (Å²) in [5.41, 5.74) is 1.41. The van der Waals surface area contributed by atoms with E-state index in [0.29, 0.717) is 30.9 Å². The summed E-state index contributed by atoms with van der Waals surface area (Å²) in [6, 6.07) is 5.50. The van der Waals surface area contributed by atoms with E-state index in [9.17, 15) is 4.79 Å². The van der Waals surface area contributed by atoms with E-state index < -0.39 is 0 Å². The van der Waals surface area contributed by atoms with Crippen molar-refractivity contribution in [3.63, 3.8) is 0 Å². The molecule has 1 aliphatic heterocycles. The van der Waals surface area contributed by atoms with Gasteiger partial charge >= 0.3 is 0 Å². The molecule has 2 heterocycles. The average Bonchev–Trinajstić information content (AvgIpc) is 3.00. The van der Waals surface area contributed by atoms with E-state index in [-0.39, 0.29) is 5.91 Å². The lowest BCUT2D eigenvalue weighted by Crippen LogP contribution is -2.28. The number of H-pyrrole nitrogens is 1. The first-order valence-electron chi connectivity index (χ1n) is 6.47. The van der Waals surface area contributed by atoms with Gasteiger partial charge in [-0.15, -0.1) is 0 Å². The highest BCUT2D eigenvalue weighted by atomic mass is 16.5. The van der Waals surface area contributed by atoms with Crippen LogP contribution in [0, 0.1) is 0 Å². The van der Waals surface area contributed by atoms with Crippen LogP contribution in [-0.4, -0.2) is 40.8 Å². The molecular formula is C13H15N5O2. The summed E-state index contributed by atoms with van der Waals surface area (Å²) in [6.07, 6.45) is 2.06. The van der Waals surface area contributed by atoms with Gasteiger partial charge in [-0.1, -0.05) is 6.07 Å². The molecule has 7 heteroatoms. The van der Waals surface area contributed by atoms with Crippen molar-refractivity contribution in [3.8, 4) is 5.75 Å². The van der Waals surface area contributed by atoms with E-state index in [1.165, 1.54) is 6.33 Å². The van der Waals surface area contributed by atoms with Gasteiger partial charge in [0.25, 0.3) is 5.91 Å².